The minimum absolute atomic E-state index is 0.423. The van der Waals surface area contributed by atoms with Crippen molar-refractivity contribution in [2.75, 3.05) is 12.3 Å². The molecule has 5 atom stereocenters. The summed E-state index contributed by atoms with van der Waals surface area (Å²) in [6.07, 6.45) is 3.99. The molecule has 1 unspecified atom stereocenters. The maximum Gasteiger partial charge on any atom is 0.226 e. The molecular formula is C13H21NOS. The molecule has 1 heterocycles. The van der Waals surface area contributed by atoms with Crippen LogP contribution in [-0.4, -0.2) is 34.4 Å². The largest absolute Gasteiger partial charge is 0.338 e. The average Bonchev–Trinajstić information content (AvgIpc) is 2.75. The van der Waals surface area contributed by atoms with Gasteiger partial charge in [0.25, 0.3) is 0 Å². The van der Waals surface area contributed by atoms with Gasteiger partial charge in [-0.15, -0.1) is 0 Å². The lowest BCUT2D eigenvalue weighted by Gasteiger charge is -2.38. The third kappa shape index (κ3) is 1.59. The molecule has 0 aromatic rings. The fraction of sp³-hybridized carbons (Fsp3) is 0.923. The van der Waals surface area contributed by atoms with Gasteiger partial charge in [-0.3, -0.25) is 4.79 Å². The van der Waals surface area contributed by atoms with Crippen molar-refractivity contribution < 1.29 is 4.79 Å². The topological polar surface area (TPSA) is 20.3 Å². The zero-order valence-corrected chi connectivity index (χ0v) is 11.0. The van der Waals surface area contributed by atoms with Crippen molar-refractivity contribution in [3.05, 3.63) is 0 Å². The summed E-state index contributed by atoms with van der Waals surface area (Å²) in [7, 11) is 0. The van der Waals surface area contributed by atoms with Crippen LogP contribution in [0.25, 0.3) is 0 Å². The molecule has 2 aliphatic carbocycles. The summed E-state index contributed by atoms with van der Waals surface area (Å²) in [5.41, 5.74) is 0. The molecule has 0 N–H and O–H groups in total. The lowest BCUT2D eigenvalue weighted by molar-refractivity contribution is -0.135. The third-order valence-electron chi connectivity index (χ3n) is 4.86. The molecule has 3 fully saturated rings. The molecule has 0 bridgehead atoms. The van der Waals surface area contributed by atoms with Gasteiger partial charge in [-0.05, 0) is 31.6 Å². The van der Waals surface area contributed by atoms with Crippen molar-refractivity contribution in [1.82, 2.24) is 4.90 Å². The first-order valence-electron chi connectivity index (χ1n) is 6.62. The Labute approximate surface area is 102 Å². The normalized spacial score (nSPS) is 46.6. The fourth-order valence-corrected chi connectivity index (χ4v) is 4.72. The second kappa shape index (κ2) is 3.94. The Bertz CT molecular complexity index is 296. The molecule has 3 rings (SSSR count). The number of fused-ring (bicyclic) bond motifs is 1. The van der Waals surface area contributed by atoms with Crippen molar-refractivity contribution >= 4 is 17.7 Å². The summed E-state index contributed by atoms with van der Waals surface area (Å²) in [6.45, 7) is 5.44. The first-order chi connectivity index (χ1) is 7.70. The molecule has 3 aliphatic rings. The number of carbonyl (C=O) groups excluding carboxylic acids is 1. The smallest absolute Gasteiger partial charge is 0.226 e. The van der Waals surface area contributed by atoms with Crippen LogP contribution in [0.15, 0.2) is 0 Å². The number of carbonyl (C=O) groups is 1. The maximum absolute atomic E-state index is 12.4. The first-order valence-corrected chi connectivity index (χ1v) is 7.67. The van der Waals surface area contributed by atoms with Gasteiger partial charge in [0.1, 0.15) is 0 Å². The molecule has 2 nitrogen and oxygen atoms in total. The van der Waals surface area contributed by atoms with Crippen molar-refractivity contribution in [3.8, 4) is 0 Å². The van der Waals surface area contributed by atoms with E-state index in [9.17, 15) is 4.79 Å². The van der Waals surface area contributed by atoms with Gasteiger partial charge >= 0.3 is 0 Å². The summed E-state index contributed by atoms with van der Waals surface area (Å²) in [6, 6.07) is 0.438. The van der Waals surface area contributed by atoms with Crippen LogP contribution in [0, 0.1) is 17.8 Å². The Morgan fingerprint density at radius 2 is 1.94 bits per heavy atom. The molecule has 16 heavy (non-hydrogen) atoms. The predicted octanol–water partition coefficient (Wildman–Crippen LogP) is 2.38. The van der Waals surface area contributed by atoms with E-state index < -0.39 is 0 Å². The summed E-state index contributed by atoms with van der Waals surface area (Å²) in [5.74, 6) is 3.56. The molecule has 2 saturated carbocycles. The molecule has 1 amide bonds. The number of thioether (sulfide) groups is 1. The number of nitrogens with zero attached hydrogens (tertiary/aromatic N) is 1. The van der Waals surface area contributed by atoms with Crippen LogP contribution in [0.4, 0.5) is 0 Å². The average molecular weight is 239 g/mol. The molecule has 1 aliphatic heterocycles. The van der Waals surface area contributed by atoms with E-state index in [1.54, 1.807) is 0 Å². The lowest BCUT2D eigenvalue weighted by Crippen LogP contribution is -2.49. The summed E-state index contributed by atoms with van der Waals surface area (Å²) < 4.78 is 0. The van der Waals surface area contributed by atoms with Crippen LogP contribution in [-0.2, 0) is 4.79 Å². The van der Waals surface area contributed by atoms with Crippen LogP contribution in [0.1, 0.15) is 33.1 Å². The highest BCUT2D eigenvalue weighted by molar-refractivity contribution is 8.00. The van der Waals surface area contributed by atoms with Crippen molar-refractivity contribution in [2.45, 2.75) is 44.4 Å². The summed E-state index contributed by atoms with van der Waals surface area (Å²) in [4.78, 5) is 14.6. The SMILES string of the molecule is C[C@@H]1SCCN(C(=O)C2[C@H]3CCC[C@@H]23)[C@@H]1C. The molecular weight excluding hydrogens is 218 g/mol. The second-order valence-electron chi connectivity index (χ2n) is 5.63. The van der Waals surface area contributed by atoms with Crippen LogP contribution in [0.3, 0.4) is 0 Å². The van der Waals surface area contributed by atoms with E-state index in [2.05, 4.69) is 18.7 Å². The van der Waals surface area contributed by atoms with Gasteiger partial charge < -0.3 is 4.90 Å². The van der Waals surface area contributed by atoms with Gasteiger partial charge in [0.05, 0.1) is 0 Å². The summed E-state index contributed by atoms with van der Waals surface area (Å²) in [5, 5.41) is 0.608. The fourth-order valence-electron chi connectivity index (χ4n) is 3.62. The third-order valence-corrected chi connectivity index (χ3v) is 6.20. The molecule has 3 heteroatoms. The quantitative estimate of drug-likeness (QED) is 0.700. The van der Waals surface area contributed by atoms with Gasteiger partial charge in [-0.25, -0.2) is 0 Å². The van der Waals surface area contributed by atoms with Crippen LogP contribution in [0.2, 0.25) is 0 Å². The Morgan fingerprint density at radius 1 is 1.25 bits per heavy atom. The van der Waals surface area contributed by atoms with Crippen molar-refractivity contribution in [3.63, 3.8) is 0 Å². The van der Waals surface area contributed by atoms with E-state index in [1.165, 1.54) is 19.3 Å². The summed E-state index contributed by atoms with van der Waals surface area (Å²) >= 11 is 2.01. The van der Waals surface area contributed by atoms with E-state index in [4.69, 9.17) is 0 Å². The number of hydrogen-bond acceptors (Lipinski definition) is 2. The van der Waals surface area contributed by atoms with Gasteiger partial charge in [0, 0.05) is 29.5 Å². The molecule has 0 aromatic heterocycles. The highest BCUT2D eigenvalue weighted by Gasteiger charge is 2.58. The number of amides is 1. The Morgan fingerprint density at radius 3 is 2.62 bits per heavy atom. The van der Waals surface area contributed by atoms with Crippen LogP contribution < -0.4 is 0 Å². The van der Waals surface area contributed by atoms with Gasteiger partial charge in [-0.1, -0.05) is 13.3 Å². The molecule has 0 aromatic carbocycles. The first kappa shape index (κ1) is 10.9. The molecule has 1 saturated heterocycles. The minimum Gasteiger partial charge on any atom is -0.338 e. The zero-order valence-electron chi connectivity index (χ0n) is 10.2. The number of hydrogen-bond donors (Lipinski definition) is 0. The van der Waals surface area contributed by atoms with Crippen LogP contribution >= 0.6 is 11.8 Å². The van der Waals surface area contributed by atoms with E-state index in [0.29, 0.717) is 23.1 Å². The van der Waals surface area contributed by atoms with Gasteiger partial charge in [0.2, 0.25) is 5.91 Å². The minimum atomic E-state index is 0.423. The van der Waals surface area contributed by atoms with Crippen molar-refractivity contribution in [2.24, 2.45) is 17.8 Å². The van der Waals surface area contributed by atoms with E-state index in [0.717, 1.165) is 24.1 Å². The Balaban J connectivity index is 1.66. The van der Waals surface area contributed by atoms with E-state index in [1.807, 2.05) is 11.8 Å². The lowest BCUT2D eigenvalue weighted by atomic mass is 10.1. The molecule has 0 radical (unpaired) electrons. The molecule has 0 spiro atoms. The Kier molecular flexibility index (Phi) is 2.69. The maximum atomic E-state index is 12.4. The van der Waals surface area contributed by atoms with Gasteiger partial charge in [0.15, 0.2) is 0 Å². The molecule has 90 valence electrons. The highest BCUT2D eigenvalue weighted by atomic mass is 32.2. The predicted molar refractivity (Wildman–Crippen MR) is 67.4 cm³/mol. The van der Waals surface area contributed by atoms with Crippen LogP contribution in [0.5, 0.6) is 0 Å². The monoisotopic (exact) mass is 239 g/mol. The Hall–Kier alpha value is -0.180. The number of rotatable bonds is 1. The standard InChI is InChI=1S/C13H21NOS/c1-8-9(2)16-7-6-14(8)13(15)12-10-4-3-5-11(10)12/h8-12H,3-7H2,1-2H3/t8-,9+,10-,11+,12?/m1/s1. The zero-order chi connectivity index (χ0) is 11.3. The van der Waals surface area contributed by atoms with E-state index >= 15 is 0 Å². The van der Waals surface area contributed by atoms with E-state index in [-0.39, 0.29) is 0 Å². The van der Waals surface area contributed by atoms with Gasteiger partial charge in [-0.2, -0.15) is 11.8 Å². The van der Waals surface area contributed by atoms with Crippen molar-refractivity contribution in [1.29, 1.82) is 0 Å². The second-order valence-corrected chi connectivity index (χ2v) is 7.12. The highest BCUT2D eigenvalue weighted by Crippen LogP contribution is 2.58.